The van der Waals surface area contributed by atoms with E-state index in [0.29, 0.717) is 29.2 Å². The first-order valence-electron chi connectivity index (χ1n) is 6.27. The van der Waals surface area contributed by atoms with Crippen molar-refractivity contribution < 1.29 is 8.42 Å². The number of hydrogen-bond donors (Lipinski definition) is 1. The first-order valence-corrected chi connectivity index (χ1v) is 8.57. The Morgan fingerprint density at radius 1 is 1.26 bits per heavy atom. The lowest BCUT2D eigenvalue weighted by Crippen LogP contribution is -2.33. The summed E-state index contributed by atoms with van der Waals surface area (Å²) in [5.74, 6) is 1.13. The van der Waals surface area contributed by atoms with Gasteiger partial charge in [0.05, 0.1) is 0 Å². The molecule has 1 N–H and O–H groups in total. The number of sulfonamides is 1. The Kier molecular flexibility index (Phi) is 5.53. The van der Waals surface area contributed by atoms with Crippen LogP contribution >= 0.6 is 11.3 Å². The highest BCUT2D eigenvalue weighted by Gasteiger charge is 2.22. The zero-order valence-corrected chi connectivity index (χ0v) is 13.3. The van der Waals surface area contributed by atoms with Crippen molar-refractivity contribution in [1.82, 2.24) is 4.72 Å². The molecule has 106 valence electrons. The van der Waals surface area contributed by atoms with E-state index >= 15 is 0 Å². The van der Waals surface area contributed by atoms with E-state index in [1.807, 2.05) is 6.07 Å². The Labute approximate surface area is 119 Å². The van der Waals surface area contributed by atoms with E-state index in [1.54, 1.807) is 0 Å². The van der Waals surface area contributed by atoms with Gasteiger partial charge in [0.1, 0.15) is 15.2 Å². The van der Waals surface area contributed by atoms with Gasteiger partial charge in [-0.15, -0.1) is 11.3 Å². The Morgan fingerprint density at radius 2 is 1.84 bits per heavy atom. The Morgan fingerprint density at radius 3 is 2.26 bits per heavy atom. The van der Waals surface area contributed by atoms with Gasteiger partial charge in [0.2, 0.25) is 10.0 Å². The number of hydrogen-bond acceptors (Lipinski definition) is 4. The van der Waals surface area contributed by atoms with Gasteiger partial charge in [0.15, 0.2) is 0 Å². The fraction of sp³-hybridized carbons (Fsp3) is 0.615. The lowest BCUT2D eigenvalue weighted by Gasteiger charge is -2.24. The van der Waals surface area contributed by atoms with Crippen LogP contribution in [0, 0.1) is 29.1 Å². The van der Waals surface area contributed by atoms with Crippen LogP contribution in [0.5, 0.6) is 0 Å². The molecule has 0 bridgehead atoms. The second-order valence-electron chi connectivity index (χ2n) is 5.23. The summed E-state index contributed by atoms with van der Waals surface area (Å²) in [7, 11) is -3.49. The van der Waals surface area contributed by atoms with Gasteiger partial charge in [-0.25, -0.2) is 13.1 Å². The van der Waals surface area contributed by atoms with Crippen LogP contribution in [-0.2, 0) is 10.0 Å². The summed E-state index contributed by atoms with van der Waals surface area (Å²) >= 11 is 0.997. The largest absolute Gasteiger partial charge is 0.250 e. The van der Waals surface area contributed by atoms with E-state index in [1.165, 1.54) is 12.1 Å². The molecule has 0 spiro atoms. The molecule has 1 aromatic rings. The molecule has 1 rings (SSSR count). The minimum absolute atomic E-state index is 0.204. The molecule has 0 aliphatic carbocycles. The van der Waals surface area contributed by atoms with Crippen LogP contribution in [0.1, 0.15) is 32.6 Å². The molecule has 0 atom stereocenters. The minimum atomic E-state index is -3.49. The molecule has 19 heavy (non-hydrogen) atoms. The van der Waals surface area contributed by atoms with Gasteiger partial charge in [-0.3, -0.25) is 0 Å². The third kappa shape index (κ3) is 4.30. The highest BCUT2D eigenvalue weighted by molar-refractivity contribution is 7.91. The molecule has 6 heteroatoms. The molecule has 0 aliphatic rings. The topological polar surface area (TPSA) is 70.0 Å². The van der Waals surface area contributed by atoms with Crippen LogP contribution in [0.4, 0.5) is 0 Å². The maximum absolute atomic E-state index is 12.1. The molecular formula is C13H20N2O2S2. The van der Waals surface area contributed by atoms with E-state index in [2.05, 4.69) is 32.4 Å². The monoisotopic (exact) mass is 300 g/mol. The maximum Gasteiger partial charge on any atom is 0.250 e. The van der Waals surface area contributed by atoms with Crippen molar-refractivity contribution in [2.24, 2.45) is 17.8 Å². The fourth-order valence-electron chi connectivity index (χ4n) is 2.04. The van der Waals surface area contributed by atoms with Gasteiger partial charge in [-0.2, -0.15) is 5.26 Å². The summed E-state index contributed by atoms with van der Waals surface area (Å²) in [6.07, 6.45) is 0. The van der Waals surface area contributed by atoms with E-state index in [9.17, 15) is 8.42 Å². The molecule has 1 heterocycles. The van der Waals surface area contributed by atoms with Crippen molar-refractivity contribution in [2.45, 2.75) is 31.9 Å². The van der Waals surface area contributed by atoms with E-state index in [-0.39, 0.29) is 4.21 Å². The van der Waals surface area contributed by atoms with Gasteiger partial charge in [0, 0.05) is 6.54 Å². The zero-order valence-electron chi connectivity index (χ0n) is 11.7. The average Bonchev–Trinajstić information content (AvgIpc) is 2.77. The van der Waals surface area contributed by atoms with Crippen molar-refractivity contribution >= 4 is 21.4 Å². The Bertz CT molecular complexity index is 545. The van der Waals surface area contributed by atoms with Crippen LogP contribution in [0.3, 0.4) is 0 Å². The predicted octanol–water partition coefficient (Wildman–Crippen LogP) is 2.83. The highest BCUT2D eigenvalue weighted by atomic mass is 32.2. The summed E-state index contributed by atoms with van der Waals surface area (Å²) in [5.41, 5.74) is 0. The number of rotatable bonds is 6. The standard InChI is InChI=1S/C13H20N2O2S2/c1-9(2)12(10(3)4)8-15-19(16,17)13-6-5-11(7-14)18-13/h5-6,9-10,12,15H,8H2,1-4H3. The molecule has 0 aromatic carbocycles. The predicted molar refractivity (Wildman–Crippen MR) is 77.4 cm³/mol. The van der Waals surface area contributed by atoms with Crippen LogP contribution < -0.4 is 4.72 Å². The molecule has 0 saturated carbocycles. The summed E-state index contributed by atoms with van der Waals surface area (Å²) < 4.78 is 27.1. The quantitative estimate of drug-likeness (QED) is 0.878. The molecule has 1 aromatic heterocycles. The van der Waals surface area contributed by atoms with Crippen LogP contribution in [0.25, 0.3) is 0 Å². The van der Waals surface area contributed by atoms with Crippen molar-refractivity contribution in [3.63, 3.8) is 0 Å². The smallest absolute Gasteiger partial charge is 0.210 e. The third-order valence-corrected chi connectivity index (χ3v) is 6.08. The van der Waals surface area contributed by atoms with Crippen molar-refractivity contribution in [3.8, 4) is 6.07 Å². The number of nitriles is 1. The van der Waals surface area contributed by atoms with Crippen molar-refractivity contribution in [1.29, 1.82) is 5.26 Å². The van der Waals surface area contributed by atoms with Gasteiger partial charge in [0.25, 0.3) is 0 Å². The van der Waals surface area contributed by atoms with Crippen LogP contribution in [0.15, 0.2) is 16.3 Å². The third-order valence-electron chi connectivity index (χ3n) is 3.18. The first-order chi connectivity index (χ1) is 8.77. The molecule has 0 saturated heterocycles. The molecule has 4 nitrogen and oxygen atoms in total. The summed E-state index contributed by atoms with van der Waals surface area (Å²) in [6.45, 7) is 8.81. The lowest BCUT2D eigenvalue weighted by atomic mass is 9.86. The van der Waals surface area contributed by atoms with E-state index in [4.69, 9.17) is 5.26 Å². The Balaban J connectivity index is 2.78. The van der Waals surface area contributed by atoms with Crippen LogP contribution in [0.2, 0.25) is 0 Å². The zero-order chi connectivity index (χ0) is 14.6. The summed E-state index contributed by atoms with van der Waals surface area (Å²) in [4.78, 5) is 0.407. The molecular weight excluding hydrogens is 280 g/mol. The molecule has 0 amide bonds. The van der Waals surface area contributed by atoms with Gasteiger partial charge in [-0.05, 0) is 29.9 Å². The Hall–Kier alpha value is -0.900. The number of thiophene rings is 1. The number of nitrogens with zero attached hydrogens (tertiary/aromatic N) is 1. The molecule has 0 unspecified atom stereocenters. The molecule has 0 radical (unpaired) electrons. The first kappa shape index (κ1) is 16.2. The number of nitrogens with one attached hydrogen (secondary N) is 1. The lowest BCUT2D eigenvalue weighted by molar-refractivity contribution is 0.289. The van der Waals surface area contributed by atoms with E-state index in [0.717, 1.165) is 11.3 Å². The summed E-state index contributed by atoms with van der Waals surface area (Å²) in [5, 5.41) is 8.73. The van der Waals surface area contributed by atoms with Crippen LogP contribution in [-0.4, -0.2) is 15.0 Å². The second-order valence-corrected chi connectivity index (χ2v) is 8.31. The second kappa shape index (κ2) is 6.51. The van der Waals surface area contributed by atoms with Gasteiger partial charge < -0.3 is 0 Å². The molecule has 0 aliphatic heterocycles. The van der Waals surface area contributed by atoms with Gasteiger partial charge >= 0.3 is 0 Å². The van der Waals surface area contributed by atoms with Gasteiger partial charge in [-0.1, -0.05) is 27.7 Å². The summed E-state index contributed by atoms with van der Waals surface area (Å²) in [6, 6.07) is 4.95. The SMILES string of the molecule is CC(C)C(CNS(=O)(=O)c1ccc(C#N)s1)C(C)C. The molecule has 0 fully saturated rings. The van der Waals surface area contributed by atoms with Crippen molar-refractivity contribution in [3.05, 3.63) is 17.0 Å². The highest BCUT2D eigenvalue weighted by Crippen LogP contribution is 2.23. The van der Waals surface area contributed by atoms with Crippen molar-refractivity contribution in [2.75, 3.05) is 6.54 Å². The minimum Gasteiger partial charge on any atom is -0.210 e. The average molecular weight is 300 g/mol. The normalized spacial score (nSPS) is 12.3. The van der Waals surface area contributed by atoms with E-state index < -0.39 is 10.0 Å². The fourth-order valence-corrected chi connectivity index (χ4v) is 4.26. The maximum atomic E-state index is 12.1.